The fraction of sp³-hybridized carbons (Fsp3) is 0.143. The molecule has 0 spiro atoms. The lowest BCUT2D eigenvalue weighted by atomic mass is 10.1. The third-order valence-electron chi connectivity index (χ3n) is 2.64. The Labute approximate surface area is 114 Å². The third-order valence-corrected chi connectivity index (χ3v) is 2.64. The Kier molecular flexibility index (Phi) is 3.47. The maximum atomic E-state index is 10.9. The zero-order valence-corrected chi connectivity index (χ0v) is 10.8. The maximum Gasteiger partial charge on any atom is 0.0896 e. The number of aromatic carboxylic acids is 2. The van der Waals surface area contributed by atoms with Gasteiger partial charge in [0.1, 0.15) is 0 Å². The van der Waals surface area contributed by atoms with E-state index in [2.05, 4.69) is 9.97 Å². The zero-order valence-electron chi connectivity index (χ0n) is 10.8. The number of carbonyl (C=O) groups is 2. The number of pyridine rings is 2. The van der Waals surface area contributed by atoms with E-state index in [1.54, 1.807) is 13.8 Å². The molecule has 2 aromatic heterocycles. The van der Waals surface area contributed by atoms with Crippen LogP contribution in [-0.4, -0.2) is 21.9 Å². The first-order valence-corrected chi connectivity index (χ1v) is 5.77. The Bertz CT molecular complexity index is 649. The second kappa shape index (κ2) is 5.08. The van der Waals surface area contributed by atoms with Crippen molar-refractivity contribution < 1.29 is 19.8 Å². The van der Waals surface area contributed by atoms with Gasteiger partial charge in [-0.15, -0.1) is 0 Å². The number of carboxylic acid groups (broad SMARTS) is 2. The van der Waals surface area contributed by atoms with Crippen molar-refractivity contribution in [2.75, 3.05) is 0 Å². The summed E-state index contributed by atoms with van der Waals surface area (Å²) in [4.78, 5) is 30.2. The van der Waals surface area contributed by atoms with Crippen LogP contribution in [0.1, 0.15) is 32.1 Å². The Morgan fingerprint density at radius 3 is 1.45 bits per heavy atom. The van der Waals surface area contributed by atoms with Crippen molar-refractivity contribution in [1.82, 2.24) is 9.97 Å². The molecule has 0 saturated heterocycles. The second-order valence-corrected chi connectivity index (χ2v) is 4.34. The van der Waals surface area contributed by atoms with Gasteiger partial charge in [0.25, 0.3) is 0 Å². The van der Waals surface area contributed by atoms with Crippen molar-refractivity contribution in [2.24, 2.45) is 0 Å². The zero-order chi connectivity index (χ0) is 14.9. The first-order valence-electron chi connectivity index (χ1n) is 5.77. The van der Waals surface area contributed by atoms with Crippen molar-refractivity contribution in [3.63, 3.8) is 0 Å². The van der Waals surface area contributed by atoms with Gasteiger partial charge in [0.05, 0.1) is 23.3 Å². The molecule has 102 valence electrons. The highest BCUT2D eigenvalue weighted by Crippen LogP contribution is 2.19. The van der Waals surface area contributed by atoms with Crippen LogP contribution >= 0.6 is 0 Å². The van der Waals surface area contributed by atoms with Crippen LogP contribution in [0.4, 0.5) is 0 Å². The van der Waals surface area contributed by atoms with E-state index in [-0.39, 0.29) is 22.5 Å². The summed E-state index contributed by atoms with van der Waals surface area (Å²) in [5.41, 5.74) is 1.42. The van der Waals surface area contributed by atoms with E-state index in [4.69, 9.17) is 0 Å². The van der Waals surface area contributed by atoms with Crippen LogP contribution in [0, 0.1) is 13.8 Å². The Hall–Kier alpha value is -2.76. The van der Waals surface area contributed by atoms with Crippen LogP contribution in [0.5, 0.6) is 0 Å². The van der Waals surface area contributed by atoms with Crippen LogP contribution in [0.2, 0.25) is 0 Å². The topological polar surface area (TPSA) is 106 Å². The Morgan fingerprint density at radius 1 is 0.800 bits per heavy atom. The molecule has 0 N–H and O–H groups in total. The lowest BCUT2D eigenvalue weighted by Crippen LogP contribution is -2.23. The van der Waals surface area contributed by atoms with Gasteiger partial charge >= 0.3 is 0 Å². The van der Waals surface area contributed by atoms with E-state index in [0.717, 1.165) is 0 Å². The van der Waals surface area contributed by atoms with Crippen LogP contribution in [0.3, 0.4) is 0 Å². The summed E-state index contributed by atoms with van der Waals surface area (Å²) < 4.78 is 0. The quantitative estimate of drug-likeness (QED) is 0.743. The molecule has 0 fully saturated rings. The number of hydrogen-bond donors (Lipinski definition) is 0. The van der Waals surface area contributed by atoms with Crippen molar-refractivity contribution in [2.45, 2.75) is 13.8 Å². The Morgan fingerprint density at radius 2 is 1.15 bits per heavy atom. The van der Waals surface area contributed by atoms with Crippen LogP contribution in [-0.2, 0) is 0 Å². The van der Waals surface area contributed by atoms with Crippen LogP contribution in [0.15, 0.2) is 24.3 Å². The third kappa shape index (κ3) is 2.80. The standard InChI is InChI=1S/C14H12N2O4/c1-7-3-9(13(17)18)5-11(15-7)12-6-10(14(19)20)4-8(2)16-12/h3-6H,1-2H3,(H,17,18)(H,19,20)/p-2. The summed E-state index contributed by atoms with van der Waals surface area (Å²) in [7, 11) is 0. The molecule has 0 aliphatic carbocycles. The van der Waals surface area contributed by atoms with Crippen molar-refractivity contribution >= 4 is 11.9 Å². The number of carboxylic acids is 2. The average Bonchev–Trinajstić information content (AvgIpc) is 2.37. The second-order valence-electron chi connectivity index (χ2n) is 4.34. The van der Waals surface area contributed by atoms with Gasteiger partial charge in [-0.05, 0) is 38.1 Å². The van der Waals surface area contributed by atoms with E-state index >= 15 is 0 Å². The van der Waals surface area contributed by atoms with Crippen LogP contribution < -0.4 is 10.2 Å². The first-order chi connectivity index (χ1) is 9.36. The molecule has 0 aromatic carbocycles. The minimum Gasteiger partial charge on any atom is -0.545 e. The molecule has 0 saturated carbocycles. The van der Waals surface area contributed by atoms with Crippen molar-refractivity contribution in [3.8, 4) is 11.4 Å². The molecule has 2 aromatic rings. The molecule has 0 aliphatic rings. The monoisotopic (exact) mass is 270 g/mol. The highest BCUT2D eigenvalue weighted by molar-refractivity contribution is 5.89. The smallest absolute Gasteiger partial charge is 0.0896 e. The molecule has 2 rings (SSSR count). The number of carbonyl (C=O) groups excluding carboxylic acids is 2. The molecular weight excluding hydrogens is 260 g/mol. The number of aromatic nitrogens is 2. The summed E-state index contributed by atoms with van der Waals surface area (Å²) in [5.74, 6) is -2.66. The summed E-state index contributed by atoms with van der Waals surface area (Å²) in [6, 6.07) is 5.33. The molecule has 0 radical (unpaired) electrons. The molecular formula is C14H10N2O4-2. The lowest BCUT2D eigenvalue weighted by Gasteiger charge is -2.10. The number of hydrogen-bond acceptors (Lipinski definition) is 6. The highest BCUT2D eigenvalue weighted by atomic mass is 16.4. The minimum absolute atomic E-state index is 0.0363. The van der Waals surface area contributed by atoms with E-state index in [9.17, 15) is 19.8 Å². The number of aryl methyl sites for hydroxylation is 2. The largest absolute Gasteiger partial charge is 0.545 e. The van der Waals surface area contributed by atoms with E-state index in [1.165, 1.54) is 24.3 Å². The Balaban J connectivity index is 2.62. The van der Waals surface area contributed by atoms with Crippen molar-refractivity contribution in [3.05, 3.63) is 46.8 Å². The lowest BCUT2D eigenvalue weighted by molar-refractivity contribution is -0.256. The molecule has 0 bridgehead atoms. The van der Waals surface area contributed by atoms with E-state index in [1.807, 2.05) is 0 Å². The molecule has 0 unspecified atom stereocenters. The van der Waals surface area contributed by atoms with Gasteiger partial charge in [-0.25, -0.2) is 0 Å². The molecule has 20 heavy (non-hydrogen) atoms. The summed E-state index contributed by atoms with van der Waals surface area (Å²) in [6.45, 7) is 3.26. The normalized spacial score (nSPS) is 10.3. The van der Waals surface area contributed by atoms with Gasteiger partial charge in [0.2, 0.25) is 0 Å². The SMILES string of the molecule is Cc1cc(C(=O)[O-])cc(-c2cc(C(=O)[O-])cc(C)n2)n1. The summed E-state index contributed by atoms with van der Waals surface area (Å²) in [6.07, 6.45) is 0. The van der Waals surface area contributed by atoms with Crippen LogP contribution in [0.25, 0.3) is 11.4 Å². The predicted molar refractivity (Wildman–Crippen MR) is 65.6 cm³/mol. The minimum atomic E-state index is -1.33. The van der Waals surface area contributed by atoms with Gasteiger partial charge in [0.15, 0.2) is 0 Å². The molecule has 2 heterocycles. The van der Waals surface area contributed by atoms with E-state index < -0.39 is 11.9 Å². The van der Waals surface area contributed by atoms with Crippen molar-refractivity contribution in [1.29, 1.82) is 0 Å². The summed E-state index contributed by atoms with van der Waals surface area (Å²) >= 11 is 0. The van der Waals surface area contributed by atoms with Gasteiger partial charge in [0, 0.05) is 22.5 Å². The molecule has 0 amide bonds. The summed E-state index contributed by atoms with van der Waals surface area (Å²) in [5, 5.41) is 21.8. The van der Waals surface area contributed by atoms with Gasteiger partial charge in [-0.2, -0.15) is 0 Å². The molecule has 6 heteroatoms. The first kappa shape index (κ1) is 13.7. The molecule has 0 atom stereocenters. The van der Waals surface area contributed by atoms with Gasteiger partial charge < -0.3 is 19.8 Å². The predicted octanol–water partition coefficient (Wildman–Crippen LogP) is -0.513. The maximum absolute atomic E-state index is 10.9. The van der Waals surface area contributed by atoms with Gasteiger partial charge in [-0.3, -0.25) is 9.97 Å². The van der Waals surface area contributed by atoms with Gasteiger partial charge in [-0.1, -0.05) is 0 Å². The van der Waals surface area contributed by atoms with E-state index in [0.29, 0.717) is 11.4 Å². The molecule has 6 nitrogen and oxygen atoms in total. The number of nitrogens with zero attached hydrogens (tertiary/aromatic N) is 2. The molecule has 0 aliphatic heterocycles. The fourth-order valence-corrected chi connectivity index (χ4v) is 1.84. The fourth-order valence-electron chi connectivity index (χ4n) is 1.84. The highest BCUT2D eigenvalue weighted by Gasteiger charge is 2.08. The average molecular weight is 270 g/mol. The number of rotatable bonds is 3.